The van der Waals surface area contributed by atoms with Gasteiger partial charge in [0.25, 0.3) is 0 Å². The quantitative estimate of drug-likeness (QED) is 0.834. The topological polar surface area (TPSA) is 32.7 Å². The van der Waals surface area contributed by atoms with Crippen molar-refractivity contribution in [2.45, 2.75) is 39.2 Å². The summed E-state index contributed by atoms with van der Waals surface area (Å²) in [5.41, 5.74) is 0. The van der Waals surface area contributed by atoms with Gasteiger partial charge in [-0.1, -0.05) is 13.8 Å². The van der Waals surface area contributed by atoms with E-state index in [1.54, 1.807) is 7.11 Å². The van der Waals surface area contributed by atoms with E-state index in [2.05, 4.69) is 18.7 Å². The molecule has 1 aliphatic carbocycles. The molecular formula is C15H29NO2. The number of hydrogen-bond acceptors (Lipinski definition) is 3. The van der Waals surface area contributed by atoms with Gasteiger partial charge in [0.15, 0.2) is 0 Å². The van der Waals surface area contributed by atoms with Crippen molar-refractivity contribution in [1.82, 2.24) is 4.90 Å². The fourth-order valence-corrected chi connectivity index (χ4v) is 3.92. The van der Waals surface area contributed by atoms with Crippen LogP contribution in [-0.4, -0.2) is 49.5 Å². The van der Waals surface area contributed by atoms with Crippen molar-refractivity contribution in [3.8, 4) is 0 Å². The number of aliphatic hydroxyl groups is 1. The Morgan fingerprint density at radius 1 is 1.28 bits per heavy atom. The zero-order valence-electron chi connectivity index (χ0n) is 12.1. The minimum atomic E-state index is -0.0924. The summed E-state index contributed by atoms with van der Waals surface area (Å²) >= 11 is 0. The summed E-state index contributed by atoms with van der Waals surface area (Å²) in [5, 5.41) is 10.3. The number of hydrogen-bond donors (Lipinski definition) is 1. The molecule has 1 saturated carbocycles. The standard InChI is InChI=1S/C15H29NO2/c1-11-6-12(2)14(15(17)7-11)9-16-5-4-13(8-16)10-18-3/h11-15,17H,4-10H2,1-3H3. The molecular weight excluding hydrogens is 226 g/mol. The Morgan fingerprint density at radius 3 is 2.72 bits per heavy atom. The lowest BCUT2D eigenvalue weighted by atomic mass is 9.73. The molecule has 3 heteroatoms. The van der Waals surface area contributed by atoms with Gasteiger partial charge in [0.05, 0.1) is 12.7 Å². The summed E-state index contributed by atoms with van der Waals surface area (Å²) in [6.45, 7) is 8.87. The van der Waals surface area contributed by atoms with Gasteiger partial charge in [-0.05, 0) is 43.6 Å². The number of likely N-dealkylation sites (tertiary alicyclic amines) is 1. The molecule has 18 heavy (non-hydrogen) atoms. The van der Waals surface area contributed by atoms with Gasteiger partial charge in [0, 0.05) is 26.1 Å². The molecule has 1 aliphatic heterocycles. The van der Waals surface area contributed by atoms with Crippen molar-refractivity contribution >= 4 is 0 Å². The largest absolute Gasteiger partial charge is 0.393 e. The highest BCUT2D eigenvalue weighted by molar-refractivity contribution is 4.87. The Kier molecular flexibility index (Phi) is 5.05. The molecule has 0 aromatic carbocycles. The summed E-state index contributed by atoms with van der Waals surface area (Å²) in [4.78, 5) is 2.53. The maximum Gasteiger partial charge on any atom is 0.0585 e. The smallest absolute Gasteiger partial charge is 0.0585 e. The maximum atomic E-state index is 10.3. The van der Waals surface area contributed by atoms with Crippen LogP contribution in [0, 0.1) is 23.7 Å². The predicted octanol–water partition coefficient (Wildman–Crippen LogP) is 2.00. The second-order valence-corrected chi connectivity index (χ2v) is 6.65. The van der Waals surface area contributed by atoms with Crippen molar-refractivity contribution in [2.75, 3.05) is 33.4 Å². The van der Waals surface area contributed by atoms with E-state index in [4.69, 9.17) is 4.74 Å². The molecule has 0 aromatic heterocycles. The molecule has 0 radical (unpaired) electrons. The third-order valence-corrected chi connectivity index (χ3v) is 4.88. The van der Waals surface area contributed by atoms with Crippen LogP contribution < -0.4 is 0 Å². The first-order valence-electron chi connectivity index (χ1n) is 7.49. The fourth-order valence-electron chi connectivity index (χ4n) is 3.92. The van der Waals surface area contributed by atoms with E-state index in [1.165, 1.54) is 19.4 Å². The monoisotopic (exact) mass is 255 g/mol. The fraction of sp³-hybridized carbons (Fsp3) is 1.00. The summed E-state index contributed by atoms with van der Waals surface area (Å²) in [6.07, 6.45) is 3.42. The Morgan fingerprint density at radius 2 is 2.06 bits per heavy atom. The van der Waals surface area contributed by atoms with Gasteiger partial charge < -0.3 is 14.7 Å². The second kappa shape index (κ2) is 6.36. The molecule has 0 spiro atoms. The van der Waals surface area contributed by atoms with Gasteiger partial charge >= 0.3 is 0 Å². The van der Waals surface area contributed by atoms with E-state index in [1.807, 2.05) is 0 Å². The highest BCUT2D eigenvalue weighted by Gasteiger charge is 2.35. The first-order chi connectivity index (χ1) is 8.60. The highest BCUT2D eigenvalue weighted by Crippen LogP contribution is 2.35. The van der Waals surface area contributed by atoms with Crippen LogP contribution in [0.15, 0.2) is 0 Å². The minimum absolute atomic E-state index is 0.0924. The molecule has 5 unspecified atom stereocenters. The zero-order valence-corrected chi connectivity index (χ0v) is 12.1. The van der Waals surface area contributed by atoms with Crippen LogP contribution in [0.4, 0.5) is 0 Å². The van der Waals surface area contributed by atoms with Gasteiger partial charge in [-0.25, -0.2) is 0 Å². The number of methoxy groups -OCH3 is 1. The van der Waals surface area contributed by atoms with Gasteiger partial charge in [-0.15, -0.1) is 0 Å². The molecule has 5 atom stereocenters. The summed E-state index contributed by atoms with van der Waals surface area (Å²) < 4.78 is 5.24. The summed E-state index contributed by atoms with van der Waals surface area (Å²) in [5.74, 6) is 2.52. The first-order valence-corrected chi connectivity index (χ1v) is 7.49. The normalized spacial score (nSPS) is 42.3. The first kappa shape index (κ1) is 14.3. The average Bonchev–Trinajstić information content (AvgIpc) is 2.72. The van der Waals surface area contributed by atoms with Crippen LogP contribution in [0.3, 0.4) is 0 Å². The zero-order chi connectivity index (χ0) is 13.1. The molecule has 0 amide bonds. The van der Waals surface area contributed by atoms with E-state index < -0.39 is 0 Å². The van der Waals surface area contributed by atoms with Crippen LogP contribution in [-0.2, 0) is 4.74 Å². The molecule has 1 N–H and O–H groups in total. The lowest BCUT2D eigenvalue weighted by Gasteiger charge is -2.39. The molecule has 3 nitrogen and oxygen atoms in total. The van der Waals surface area contributed by atoms with Gasteiger partial charge in [0.2, 0.25) is 0 Å². The van der Waals surface area contributed by atoms with Crippen molar-refractivity contribution in [2.24, 2.45) is 23.7 Å². The predicted molar refractivity (Wildman–Crippen MR) is 73.5 cm³/mol. The Balaban J connectivity index is 1.82. The number of aliphatic hydroxyl groups excluding tert-OH is 1. The van der Waals surface area contributed by atoms with E-state index in [0.29, 0.717) is 23.7 Å². The Labute approximate surface area is 112 Å². The van der Waals surface area contributed by atoms with Crippen molar-refractivity contribution < 1.29 is 9.84 Å². The van der Waals surface area contributed by atoms with E-state index >= 15 is 0 Å². The maximum absolute atomic E-state index is 10.3. The number of ether oxygens (including phenoxy) is 1. The van der Waals surface area contributed by atoms with Crippen LogP contribution in [0.1, 0.15) is 33.1 Å². The van der Waals surface area contributed by atoms with Crippen molar-refractivity contribution in [1.29, 1.82) is 0 Å². The van der Waals surface area contributed by atoms with Gasteiger partial charge in [-0.3, -0.25) is 0 Å². The van der Waals surface area contributed by atoms with Crippen molar-refractivity contribution in [3.05, 3.63) is 0 Å². The molecule has 1 heterocycles. The number of nitrogens with zero attached hydrogens (tertiary/aromatic N) is 1. The summed E-state index contributed by atoms with van der Waals surface area (Å²) in [6, 6.07) is 0. The molecule has 2 aliphatic rings. The minimum Gasteiger partial charge on any atom is -0.393 e. The molecule has 106 valence electrons. The Bertz CT molecular complexity index is 247. The molecule has 0 aromatic rings. The third-order valence-electron chi connectivity index (χ3n) is 4.88. The van der Waals surface area contributed by atoms with Crippen molar-refractivity contribution in [3.63, 3.8) is 0 Å². The van der Waals surface area contributed by atoms with Gasteiger partial charge in [0.1, 0.15) is 0 Å². The third kappa shape index (κ3) is 3.46. The highest BCUT2D eigenvalue weighted by atomic mass is 16.5. The molecule has 1 saturated heterocycles. The van der Waals surface area contributed by atoms with E-state index in [-0.39, 0.29) is 6.10 Å². The molecule has 2 rings (SSSR count). The SMILES string of the molecule is COCC1CCN(CC2C(C)CC(C)CC2O)C1. The molecule has 0 bridgehead atoms. The van der Waals surface area contributed by atoms with Crippen LogP contribution in [0.5, 0.6) is 0 Å². The lowest BCUT2D eigenvalue weighted by Crippen LogP contribution is -2.42. The van der Waals surface area contributed by atoms with Gasteiger partial charge in [-0.2, -0.15) is 0 Å². The Hall–Kier alpha value is -0.120. The van der Waals surface area contributed by atoms with Crippen LogP contribution >= 0.6 is 0 Å². The second-order valence-electron chi connectivity index (χ2n) is 6.65. The van der Waals surface area contributed by atoms with Crippen LogP contribution in [0.2, 0.25) is 0 Å². The lowest BCUT2D eigenvalue weighted by molar-refractivity contribution is 0.000371. The van der Waals surface area contributed by atoms with Crippen LogP contribution in [0.25, 0.3) is 0 Å². The van der Waals surface area contributed by atoms with E-state index in [9.17, 15) is 5.11 Å². The summed E-state index contributed by atoms with van der Waals surface area (Å²) in [7, 11) is 1.79. The molecule has 2 fully saturated rings. The van der Waals surface area contributed by atoms with E-state index in [0.717, 1.165) is 26.1 Å². The average molecular weight is 255 g/mol. The number of rotatable bonds is 4.